The molecule has 6 atom stereocenters. The zero-order valence-corrected chi connectivity index (χ0v) is 21.6. The lowest BCUT2D eigenvalue weighted by Gasteiger charge is -2.21. The van der Waals surface area contributed by atoms with Crippen molar-refractivity contribution in [3.8, 4) is 0 Å². The minimum atomic E-state index is -4.82. The molecule has 5 rings (SSSR count). The monoisotopic (exact) mass is 585 g/mol. The molecule has 0 spiro atoms. The normalized spacial score (nSPS) is 31.3. The van der Waals surface area contributed by atoms with E-state index >= 15 is 0 Å². The lowest BCUT2D eigenvalue weighted by Crippen LogP contribution is -2.25. The third kappa shape index (κ3) is 5.47. The van der Waals surface area contributed by atoms with Gasteiger partial charge in [0.05, 0.1) is 18.2 Å². The number of fused-ring (bicyclic) bond motifs is 2. The molecule has 0 bridgehead atoms. The summed E-state index contributed by atoms with van der Waals surface area (Å²) in [6.07, 6.45) is -2.56. The van der Waals surface area contributed by atoms with E-state index in [2.05, 4.69) is 21.6 Å². The number of halogens is 3. The van der Waals surface area contributed by atoms with Crippen LogP contribution in [0.3, 0.4) is 0 Å². The van der Waals surface area contributed by atoms with Crippen LogP contribution >= 0.6 is 26.8 Å². The Morgan fingerprint density at radius 1 is 1.22 bits per heavy atom. The number of aliphatic hydroxyl groups excluding tert-OH is 1. The van der Waals surface area contributed by atoms with Gasteiger partial charge in [-0.05, 0) is 29.0 Å². The third-order valence-electron chi connectivity index (χ3n) is 6.80. The number of nitrogens with zero attached hydrogens (tertiary/aromatic N) is 5. The maximum atomic E-state index is 13.8. The lowest BCUT2D eigenvalue weighted by molar-refractivity contribution is -0.0526. The number of ether oxygens (including phenoxy) is 1. The number of alkyl halides is 2. The van der Waals surface area contributed by atoms with E-state index < -0.39 is 52.1 Å². The minimum absolute atomic E-state index is 0.0819. The van der Waals surface area contributed by atoms with Crippen molar-refractivity contribution in [2.24, 2.45) is 11.8 Å². The van der Waals surface area contributed by atoms with Gasteiger partial charge in [0, 0.05) is 25.9 Å². The molecular weight excluding hydrogens is 562 g/mol. The number of rotatable bonds is 7. The van der Waals surface area contributed by atoms with Gasteiger partial charge in [0.25, 0.3) is 0 Å². The van der Waals surface area contributed by atoms with E-state index in [4.69, 9.17) is 30.6 Å². The van der Waals surface area contributed by atoms with E-state index in [9.17, 15) is 27.9 Å². The Labute approximate surface area is 213 Å². The summed E-state index contributed by atoms with van der Waals surface area (Å²) in [5.74, 6) is -3.97. The maximum absolute atomic E-state index is 13.8. The first-order valence-corrected chi connectivity index (χ1v) is 15.1. The number of hydrogen-bond acceptors (Lipinski definition) is 9. The van der Waals surface area contributed by atoms with Crippen LogP contribution < -0.4 is 4.90 Å². The lowest BCUT2D eigenvalue weighted by atomic mass is 10.0. The van der Waals surface area contributed by atoms with Crippen LogP contribution in [0.15, 0.2) is 18.3 Å². The Morgan fingerprint density at radius 3 is 2.49 bits per heavy atom. The van der Waals surface area contributed by atoms with Crippen molar-refractivity contribution < 1.29 is 47.0 Å². The van der Waals surface area contributed by atoms with Gasteiger partial charge in [0.1, 0.15) is 18.0 Å². The molecule has 3 unspecified atom stereocenters. The summed E-state index contributed by atoms with van der Waals surface area (Å²) in [5, 5.41) is 15.3. The number of anilines is 1. The van der Waals surface area contributed by atoms with Crippen LogP contribution in [0.4, 0.5) is 14.6 Å². The van der Waals surface area contributed by atoms with Crippen molar-refractivity contribution in [3.05, 3.63) is 23.6 Å². The van der Waals surface area contributed by atoms with Gasteiger partial charge in [0.2, 0.25) is 11.2 Å². The van der Waals surface area contributed by atoms with Crippen molar-refractivity contribution in [2.75, 3.05) is 30.5 Å². The first-order valence-electron chi connectivity index (χ1n) is 11.2. The van der Waals surface area contributed by atoms with Gasteiger partial charge < -0.3 is 33.9 Å². The van der Waals surface area contributed by atoms with Gasteiger partial charge in [-0.25, -0.2) is 13.5 Å². The quantitative estimate of drug-likeness (QED) is 0.211. The highest BCUT2D eigenvalue weighted by molar-refractivity contribution is 7.70. The number of hydrogen-bond donors (Lipinski definition) is 4. The fourth-order valence-corrected chi connectivity index (χ4v) is 7.95. The van der Waals surface area contributed by atoms with Crippen LogP contribution in [-0.4, -0.2) is 83.3 Å². The molecule has 37 heavy (non-hydrogen) atoms. The summed E-state index contributed by atoms with van der Waals surface area (Å²) in [6, 6.07) is 0. The predicted octanol–water partition coefficient (Wildman–Crippen LogP) is 2.11. The highest BCUT2D eigenvalue weighted by Crippen LogP contribution is 2.55. The summed E-state index contributed by atoms with van der Waals surface area (Å²) in [7, 11) is -9.47. The fraction of sp³-hybridized carbons (Fsp3) is 0.632. The molecule has 18 heteroatoms. The van der Waals surface area contributed by atoms with Gasteiger partial charge in [0.15, 0.2) is 17.8 Å². The Bertz CT molecular complexity index is 1330. The second-order valence-corrected chi connectivity index (χ2v) is 13.9. The second-order valence-electron chi connectivity index (χ2n) is 9.61. The van der Waals surface area contributed by atoms with E-state index in [-0.39, 0.29) is 41.2 Å². The summed E-state index contributed by atoms with van der Waals surface area (Å²) < 4.78 is 62.4. The molecule has 0 radical (unpaired) electrons. The Kier molecular flexibility index (Phi) is 6.79. The molecule has 2 saturated heterocycles. The van der Waals surface area contributed by atoms with Crippen LogP contribution in [-0.2, 0) is 18.4 Å². The summed E-state index contributed by atoms with van der Waals surface area (Å²) in [5.41, 5.74) is 0.281. The smallest absolute Gasteiger partial charge is 0.340 e. The molecule has 1 saturated carbocycles. The number of aromatic nitrogens is 4. The van der Waals surface area contributed by atoms with Crippen molar-refractivity contribution in [1.29, 1.82) is 0 Å². The first-order chi connectivity index (χ1) is 17.1. The fourth-order valence-electron chi connectivity index (χ4n) is 5.24. The van der Waals surface area contributed by atoms with Crippen LogP contribution in [0.2, 0.25) is 5.28 Å². The minimum Gasteiger partial charge on any atom is -0.384 e. The van der Waals surface area contributed by atoms with Crippen LogP contribution in [0.5, 0.6) is 0 Å². The Morgan fingerprint density at radius 2 is 1.86 bits per heavy atom. The van der Waals surface area contributed by atoms with E-state index in [1.165, 1.54) is 10.9 Å². The summed E-state index contributed by atoms with van der Waals surface area (Å²) in [6.45, 7) is 3.87. The van der Waals surface area contributed by atoms with Crippen LogP contribution in [0, 0.1) is 11.8 Å². The highest BCUT2D eigenvalue weighted by Gasteiger charge is 2.51. The highest BCUT2D eigenvalue weighted by atomic mass is 35.5. The second kappa shape index (κ2) is 9.29. The molecule has 2 aromatic heterocycles. The van der Waals surface area contributed by atoms with Gasteiger partial charge in [-0.3, -0.25) is 9.13 Å². The first kappa shape index (κ1) is 27.0. The molecule has 4 heterocycles. The largest absolute Gasteiger partial charge is 0.384 e. The van der Waals surface area contributed by atoms with Gasteiger partial charge in [-0.15, -0.1) is 0 Å². The molecule has 2 aromatic rings. The van der Waals surface area contributed by atoms with E-state index in [1.54, 1.807) is 0 Å². The molecule has 2 aliphatic heterocycles. The Hall–Kier alpha value is -1.54. The predicted molar refractivity (Wildman–Crippen MR) is 125 cm³/mol. The SMILES string of the molecule is C=C1[C@@H](O)[C@H](n2ncc3c(N4CC5CC(F)(F)CC5C4)nc(Cl)nc32)O[C@@H]1COP(=O)(O)CP(=O)(O)O. The zero-order chi connectivity index (χ0) is 26.9. The van der Waals surface area contributed by atoms with Crippen LogP contribution in [0.25, 0.3) is 11.0 Å². The third-order valence-corrected chi connectivity index (χ3v) is 10.4. The maximum Gasteiger partial charge on any atom is 0.340 e. The molecule has 4 N–H and O–H groups in total. The molecule has 3 aliphatic rings. The average molecular weight is 586 g/mol. The van der Waals surface area contributed by atoms with E-state index in [0.29, 0.717) is 24.3 Å². The van der Waals surface area contributed by atoms with Gasteiger partial charge in [-0.2, -0.15) is 15.1 Å². The molecule has 3 fully saturated rings. The molecule has 0 aromatic carbocycles. The molecule has 204 valence electrons. The summed E-state index contributed by atoms with van der Waals surface area (Å²) >= 11 is 6.18. The van der Waals surface area contributed by atoms with Gasteiger partial charge >= 0.3 is 15.2 Å². The van der Waals surface area contributed by atoms with Crippen LogP contribution in [0.1, 0.15) is 19.1 Å². The van der Waals surface area contributed by atoms with Crippen molar-refractivity contribution in [1.82, 2.24) is 19.7 Å². The molecule has 0 amide bonds. The zero-order valence-electron chi connectivity index (χ0n) is 19.1. The standard InChI is InChI=1S/C19H24ClF2N5O8P2/c1-9-13(7-34-37(32,33)8-36(29,30)31)35-17(14(9)28)27-16-12(4-23-27)15(24-18(20)25-16)26-5-10-2-19(21,22)3-11(10)6-26/h4,10-11,13-14,17,28H,1-3,5-8H2,(H,32,33)(H2,29,30,31)/t10?,11?,13-,14-,17-/m1/s1. The van der Waals surface area contributed by atoms with Crippen molar-refractivity contribution >= 4 is 43.6 Å². The van der Waals surface area contributed by atoms with E-state index in [0.717, 1.165) is 0 Å². The molecule has 1 aliphatic carbocycles. The van der Waals surface area contributed by atoms with E-state index in [1.807, 2.05) is 4.90 Å². The summed E-state index contributed by atoms with van der Waals surface area (Å²) in [4.78, 5) is 38.0. The van der Waals surface area contributed by atoms with Gasteiger partial charge in [-0.1, -0.05) is 6.58 Å². The topological polar surface area (TPSA) is 180 Å². The van der Waals surface area contributed by atoms with Crippen molar-refractivity contribution in [2.45, 2.75) is 37.2 Å². The average Bonchev–Trinajstić information content (AvgIpc) is 3.46. The van der Waals surface area contributed by atoms with Crippen molar-refractivity contribution in [3.63, 3.8) is 0 Å². The molecular formula is C19H24ClF2N5O8P2. The Balaban J connectivity index is 1.36. The number of aliphatic hydroxyl groups is 1. The molecule has 13 nitrogen and oxygen atoms in total.